The number of nitrogens with zero attached hydrogens (tertiary/aromatic N) is 1. The summed E-state index contributed by atoms with van der Waals surface area (Å²) >= 11 is 3.57. The number of pyridine rings is 1. The summed E-state index contributed by atoms with van der Waals surface area (Å²) in [6, 6.07) is 10.00. The lowest BCUT2D eigenvalue weighted by Crippen LogP contribution is -2.20. The molecule has 2 aromatic rings. The SMILES string of the molecule is CNC(c1cccc(Br)c1C)c1ncccc1OC. The molecule has 100 valence electrons. The normalized spacial score (nSPS) is 12.2. The summed E-state index contributed by atoms with van der Waals surface area (Å²) in [7, 11) is 3.60. The second-order valence-corrected chi connectivity index (χ2v) is 5.12. The van der Waals surface area contributed by atoms with Gasteiger partial charge < -0.3 is 10.1 Å². The first-order valence-corrected chi connectivity index (χ1v) is 6.89. The minimum absolute atomic E-state index is 0.00801. The first kappa shape index (κ1) is 14.0. The molecule has 0 saturated heterocycles. The van der Waals surface area contributed by atoms with Crippen LogP contribution in [0.2, 0.25) is 0 Å². The molecule has 1 aromatic carbocycles. The van der Waals surface area contributed by atoms with Gasteiger partial charge in [0.25, 0.3) is 0 Å². The Labute approximate surface area is 122 Å². The van der Waals surface area contributed by atoms with E-state index >= 15 is 0 Å². The molecular weight excluding hydrogens is 304 g/mol. The third-order valence-corrected chi connectivity index (χ3v) is 4.06. The molecule has 1 aromatic heterocycles. The van der Waals surface area contributed by atoms with Crippen molar-refractivity contribution in [2.45, 2.75) is 13.0 Å². The molecule has 0 aliphatic rings. The van der Waals surface area contributed by atoms with Gasteiger partial charge in [0.05, 0.1) is 13.2 Å². The predicted octanol–water partition coefficient (Wildman–Crippen LogP) is 3.47. The Morgan fingerprint density at radius 2 is 2.05 bits per heavy atom. The zero-order valence-electron chi connectivity index (χ0n) is 11.3. The monoisotopic (exact) mass is 320 g/mol. The van der Waals surface area contributed by atoms with Crippen molar-refractivity contribution in [3.8, 4) is 5.75 Å². The number of hydrogen-bond donors (Lipinski definition) is 1. The third-order valence-electron chi connectivity index (χ3n) is 3.20. The average molecular weight is 321 g/mol. The molecule has 0 fully saturated rings. The second-order valence-electron chi connectivity index (χ2n) is 4.27. The first-order valence-electron chi connectivity index (χ1n) is 6.10. The molecule has 2 rings (SSSR count). The van der Waals surface area contributed by atoms with Gasteiger partial charge in [-0.25, -0.2) is 0 Å². The van der Waals surface area contributed by atoms with Crippen molar-refractivity contribution in [1.29, 1.82) is 0 Å². The highest BCUT2D eigenvalue weighted by Gasteiger charge is 2.20. The van der Waals surface area contributed by atoms with Crippen LogP contribution >= 0.6 is 15.9 Å². The molecule has 4 heteroatoms. The lowest BCUT2D eigenvalue weighted by Gasteiger charge is -2.21. The molecule has 0 bridgehead atoms. The third kappa shape index (κ3) is 2.80. The van der Waals surface area contributed by atoms with Crippen LogP contribution in [0.1, 0.15) is 22.9 Å². The number of halogens is 1. The van der Waals surface area contributed by atoms with Crippen LogP contribution < -0.4 is 10.1 Å². The minimum Gasteiger partial charge on any atom is -0.495 e. The molecule has 1 unspecified atom stereocenters. The van der Waals surface area contributed by atoms with Crippen molar-refractivity contribution in [1.82, 2.24) is 10.3 Å². The Bertz CT molecular complexity index is 572. The van der Waals surface area contributed by atoms with E-state index < -0.39 is 0 Å². The summed E-state index contributed by atoms with van der Waals surface area (Å²) in [5.74, 6) is 0.793. The molecular formula is C15H17BrN2O. The van der Waals surface area contributed by atoms with Crippen molar-refractivity contribution in [3.05, 3.63) is 57.8 Å². The standard InChI is InChI=1S/C15H17BrN2O/c1-10-11(6-4-7-12(10)16)14(17-2)15-13(19-3)8-5-9-18-15/h4-9,14,17H,1-3H3. The van der Waals surface area contributed by atoms with Crippen molar-refractivity contribution >= 4 is 15.9 Å². The van der Waals surface area contributed by atoms with Crippen LogP contribution in [0.25, 0.3) is 0 Å². The van der Waals surface area contributed by atoms with E-state index in [-0.39, 0.29) is 6.04 Å². The maximum atomic E-state index is 5.41. The fourth-order valence-electron chi connectivity index (χ4n) is 2.17. The fraction of sp³-hybridized carbons (Fsp3) is 0.267. The summed E-state index contributed by atoms with van der Waals surface area (Å²) in [4.78, 5) is 4.47. The highest BCUT2D eigenvalue weighted by molar-refractivity contribution is 9.10. The molecule has 1 heterocycles. The average Bonchev–Trinajstić information content (AvgIpc) is 2.45. The van der Waals surface area contributed by atoms with Gasteiger partial charge in [-0.15, -0.1) is 0 Å². The Kier molecular flexibility index (Phi) is 4.56. The largest absolute Gasteiger partial charge is 0.495 e. The lowest BCUT2D eigenvalue weighted by atomic mass is 9.98. The molecule has 0 aliphatic heterocycles. The zero-order valence-corrected chi connectivity index (χ0v) is 12.9. The summed E-state index contributed by atoms with van der Waals surface area (Å²) in [5, 5.41) is 3.31. The van der Waals surface area contributed by atoms with E-state index in [1.54, 1.807) is 13.3 Å². The molecule has 0 aliphatic carbocycles. The van der Waals surface area contributed by atoms with E-state index in [9.17, 15) is 0 Å². The van der Waals surface area contributed by atoms with Crippen LogP contribution in [-0.4, -0.2) is 19.1 Å². The molecule has 1 N–H and O–H groups in total. The smallest absolute Gasteiger partial charge is 0.142 e. The molecule has 3 nitrogen and oxygen atoms in total. The number of rotatable bonds is 4. The van der Waals surface area contributed by atoms with Gasteiger partial charge in [-0.1, -0.05) is 28.1 Å². The fourth-order valence-corrected chi connectivity index (χ4v) is 2.55. The van der Waals surface area contributed by atoms with E-state index in [0.29, 0.717) is 0 Å². The van der Waals surface area contributed by atoms with Gasteiger partial charge in [0.15, 0.2) is 0 Å². The van der Waals surface area contributed by atoms with Crippen molar-refractivity contribution in [2.24, 2.45) is 0 Å². The van der Waals surface area contributed by atoms with E-state index in [4.69, 9.17) is 4.74 Å². The maximum absolute atomic E-state index is 5.41. The van der Waals surface area contributed by atoms with Gasteiger partial charge in [-0.3, -0.25) is 4.98 Å². The number of ether oxygens (including phenoxy) is 1. The van der Waals surface area contributed by atoms with Crippen LogP contribution in [0.5, 0.6) is 5.75 Å². The van der Waals surface area contributed by atoms with Crippen LogP contribution in [0, 0.1) is 6.92 Å². The molecule has 19 heavy (non-hydrogen) atoms. The Balaban J connectivity index is 2.53. The van der Waals surface area contributed by atoms with Crippen LogP contribution in [0.4, 0.5) is 0 Å². The Morgan fingerprint density at radius 3 is 2.74 bits per heavy atom. The lowest BCUT2D eigenvalue weighted by molar-refractivity contribution is 0.401. The molecule has 0 saturated carbocycles. The Morgan fingerprint density at radius 1 is 1.26 bits per heavy atom. The number of aromatic nitrogens is 1. The van der Waals surface area contributed by atoms with Gasteiger partial charge in [0.1, 0.15) is 11.4 Å². The predicted molar refractivity (Wildman–Crippen MR) is 80.6 cm³/mol. The Hall–Kier alpha value is -1.39. The van der Waals surface area contributed by atoms with Crippen molar-refractivity contribution in [2.75, 3.05) is 14.2 Å². The van der Waals surface area contributed by atoms with Crippen molar-refractivity contribution in [3.63, 3.8) is 0 Å². The number of nitrogens with one attached hydrogen (secondary N) is 1. The minimum atomic E-state index is 0.00801. The summed E-state index contributed by atoms with van der Waals surface area (Å²) in [5.41, 5.74) is 3.29. The van der Waals surface area contributed by atoms with E-state index in [1.165, 1.54) is 11.1 Å². The highest BCUT2D eigenvalue weighted by atomic mass is 79.9. The molecule has 0 spiro atoms. The maximum Gasteiger partial charge on any atom is 0.142 e. The van der Waals surface area contributed by atoms with Crippen LogP contribution in [0.3, 0.4) is 0 Å². The number of benzene rings is 1. The second kappa shape index (κ2) is 6.17. The van der Waals surface area contributed by atoms with Gasteiger partial charge >= 0.3 is 0 Å². The topological polar surface area (TPSA) is 34.2 Å². The zero-order chi connectivity index (χ0) is 13.8. The summed E-state index contributed by atoms with van der Waals surface area (Å²) in [6.45, 7) is 2.10. The molecule has 0 amide bonds. The van der Waals surface area contributed by atoms with Gasteiger partial charge in [-0.2, -0.15) is 0 Å². The molecule has 0 radical (unpaired) electrons. The van der Waals surface area contributed by atoms with Crippen molar-refractivity contribution < 1.29 is 4.74 Å². The van der Waals surface area contributed by atoms with Gasteiger partial charge in [-0.05, 0) is 43.3 Å². The van der Waals surface area contributed by atoms with Gasteiger partial charge in [0, 0.05) is 10.7 Å². The van der Waals surface area contributed by atoms with Gasteiger partial charge in [0.2, 0.25) is 0 Å². The number of hydrogen-bond acceptors (Lipinski definition) is 3. The summed E-state index contributed by atoms with van der Waals surface area (Å²) in [6.07, 6.45) is 1.79. The van der Waals surface area contributed by atoms with Crippen LogP contribution in [0.15, 0.2) is 41.0 Å². The first-order chi connectivity index (χ1) is 9.19. The quantitative estimate of drug-likeness (QED) is 0.936. The van der Waals surface area contributed by atoms with E-state index in [1.807, 2.05) is 31.3 Å². The number of methoxy groups -OCH3 is 1. The van der Waals surface area contributed by atoms with Crippen LogP contribution in [-0.2, 0) is 0 Å². The van der Waals surface area contributed by atoms with E-state index in [0.717, 1.165) is 15.9 Å². The van der Waals surface area contributed by atoms with E-state index in [2.05, 4.69) is 39.2 Å². The molecule has 1 atom stereocenters. The summed E-state index contributed by atoms with van der Waals surface area (Å²) < 4.78 is 6.50. The highest BCUT2D eigenvalue weighted by Crippen LogP contribution is 2.31.